The number of nitrogen functional groups attached to an aromatic ring is 1. The molecule has 0 aliphatic heterocycles. The standard InChI is InChI=1S/C11H13F3N2/c12-11(13,14)9-5-7(1-4-10(9)15)6-16-8-2-3-8/h1,4-5,8,16H,2-3,6,15H2. The first kappa shape index (κ1) is 11.3. The molecule has 1 aliphatic rings. The average molecular weight is 230 g/mol. The highest BCUT2D eigenvalue weighted by molar-refractivity contribution is 5.50. The fraction of sp³-hybridized carbons (Fsp3) is 0.455. The zero-order valence-corrected chi connectivity index (χ0v) is 8.64. The summed E-state index contributed by atoms with van der Waals surface area (Å²) < 4.78 is 37.6. The normalized spacial score (nSPS) is 16.4. The van der Waals surface area contributed by atoms with Crippen molar-refractivity contribution in [1.82, 2.24) is 5.32 Å². The van der Waals surface area contributed by atoms with Gasteiger partial charge in [0, 0.05) is 18.3 Å². The summed E-state index contributed by atoms with van der Waals surface area (Å²) in [5, 5.41) is 3.16. The van der Waals surface area contributed by atoms with Crippen molar-refractivity contribution in [3.8, 4) is 0 Å². The van der Waals surface area contributed by atoms with Gasteiger partial charge < -0.3 is 11.1 Å². The van der Waals surface area contributed by atoms with Crippen LogP contribution in [0.25, 0.3) is 0 Å². The first-order valence-corrected chi connectivity index (χ1v) is 5.16. The number of hydrogen-bond acceptors (Lipinski definition) is 2. The van der Waals surface area contributed by atoms with Crippen molar-refractivity contribution < 1.29 is 13.2 Å². The summed E-state index contributed by atoms with van der Waals surface area (Å²) in [6, 6.07) is 4.53. The van der Waals surface area contributed by atoms with Crippen LogP contribution in [0.5, 0.6) is 0 Å². The summed E-state index contributed by atoms with van der Waals surface area (Å²) in [4.78, 5) is 0. The lowest BCUT2D eigenvalue weighted by Gasteiger charge is -2.12. The molecular formula is C11H13F3N2. The molecule has 0 spiro atoms. The number of alkyl halides is 3. The number of rotatable bonds is 3. The Hall–Kier alpha value is -1.23. The van der Waals surface area contributed by atoms with Crippen molar-refractivity contribution in [2.24, 2.45) is 0 Å². The van der Waals surface area contributed by atoms with Crippen LogP contribution in [0.4, 0.5) is 18.9 Å². The van der Waals surface area contributed by atoms with Gasteiger partial charge in [-0.25, -0.2) is 0 Å². The lowest BCUT2D eigenvalue weighted by Crippen LogP contribution is -2.16. The van der Waals surface area contributed by atoms with Gasteiger partial charge in [-0.2, -0.15) is 13.2 Å². The molecule has 3 N–H and O–H groups in total. The Morgan fingerprint density at radius 2 is 2.00 bits per heavy atom. The molecule has 88 valence electrons. The first-order chi connectivity index (χ1) is 7.47. The molecule has 0 radical (unpaired) electrons. The lowest BCUT2D eigenvalue weighted by atomic mass is 10.1. The third-order valence-electron chi connectivity index (χ3n) is 2.60. The summed E-state index contributed by atoms with van der Waals surface area (Å²) in [6.45, 7) is 0.466. The largest absolute Gasteiger partial charge is 0.418 e. The Morgan fingerprint density at radius 1 is 1.31 bits per heavy atom. The quantitative estimate of drug-likeness (QED) is 0.783. The molecule has 0 heterocycles. The molecule has 0 atom stereocenters. The summed E-state index contributed by atoms with van der Waals surface area (Å²) in [6.07, 6.45) is -2.15. The number of nitrogens with one attached hydrogen (secondary N) is 1. The van der Waals surface area contributed by atoms with Crippen LogP contribution in [-0.2, 0) is 12.7 Å². The summed E-state index contributed by atoms with van der Waals surface area (Å²) >= 11 is 0. The van der Waals surface area contributed by atoms with Crippen LogP contribution in [0.1, 0.15) is 24.0 Å². The van der Waals surface area contributed by atoms with E-state index >= 15 is 0 Å². The SMILES string of the molecule is Nc1ccc(CNC2CC2)cc1C(F)(F)F. The Kier molecular flexibility index (Phi) is 2.80. The Morgan fingerprint density at radius 3 is 2.56 bits per heavy atom. The smallest absolute Gasteiger partial charge is 0.398 e. The molecule has 2 rings (SSSR count). The van der Waals surface area contributed by atoms with Crippen molar-refractivity contribution in [2.75, 3.05) is 5.73 Å². The number of hydrogen-bond donors (Lipinski definition) is 2. The molecule has 1 aliphatic carbocycles. The van der Waals surface area contributed by atoms with Crippen molar-refractivity contribution >= 4 is 5.69 Å². The van der Waals surface area contributed by atoms with Crippen LogP contribution in [0.3, 0.4) is 0 Å². The summed E-state index contributed by atoms with van der Waals surface area (Å²) in [7, 11) is 0. The minimum absolute atomic E-state index is 0.220. The minimum atomic E-state index is -4.38. The monoisotopic (exact) mass is 230 g/mol. The molecule has 1 aromatic carbocycles. The van der Waals surface area contributed by atoms with E-state index in [9.17, 15) is 13.2 Å². The highest BCUT2D eigenvalue weighted by Crippen LogP contribution is 2.34. The molecule has 1 saturated carbocycles. The second-order valence-corrected chi connectivity index (χ2v) is 4.07. The van der Waals surface area contributed by atoms with Gasteiger partial charge in [-0.05, 0) is 30.5 Å². The summed E-state index contributed by atoms with van der Waals surface area (Å²) in [5.41, 5.74) is 4.96. The van der Waals surface area contributed by atoms with Crippen molar-refractivity contribution in [1.29, 1.82) is 0 Å². The van der Waals surface area contributed by atoms with Crippen molar-refractivity contribution in [3.63, 3.8) is 0 Å². The average Bonchev–Trinajstić information content (AvgIpc) is 2.98. The van der Waals surface area contributed by atoms with Crippen molar-refractivity contribution in [2.45, 2.75) is 31.6 Å². The lowest BCUT2D eigenvalue weighted by molar-refractivity contribution is -0.136. The van der Waals surface area contributed by atoms with Gasteiger partial charge in [0.1, 0.15) is 0 Å². The highest BCUT2D eigenvalue weighted by atomic mass is 19.4. The van der Waals surface area contributed by atoms with Crippen LogP contribution in [0.2, 0.25) is 0 Å². The second kappa shape index (κ2) is 3.97. The molecule has 0 unspecified atom stereocenters. The van der Waals surface area contributed by atoms with E-state index in [1.54, 1.807) is 6.07 Å². The Labute approximate surface area is 91.6 Å². The molecular weight excluding hydrogens is 217 g/mol. The third kappa shape index (κ3) is 2.66. The van der Waals surface area contributed by atoms with Crippen molar-refractivity contribution in [3.05, 3.63) is 29.3 Å². The first-order valence-electron chi connectivity index (χ1n) is 5.16. The molecule has 0 saturated heterocycles. The maximum Gasteiger partial charge on any atom is 0.418 e. The molecule has 0 amide bonds. The van der Waals surface area contributed by atoms with Gasteiger partial charge in [0.25, 0.3) is 0 Å². The molecule has 16 heavy (non-hydrogen) atoms. The van der Waals surface area contributed by atoms with E-state index in [2.05, 4.69) is 5.32 Å². The predicted molar refractivity (Wildman–Crippen MR) is 55.7 cm³/mol. The highest BCUT2D eigenvalue weighted by Gasteiger charge is 2.33. The third-order valence-corrected chi connectivity index (χ3v) is 2.60. The van der Waals surface area contributed by atoms with E-state index in [0.717, 1.165) is 18.9 Å². The summed E-state index contributed by atoms with van der Waals surface area (Å²) in [5.74, 6) is 0. The minimum Gasteiger partial charge on any atom is -0.398 e. The maximum atomic E-state index is 12.5. The Bertz CT molecular complexity index is 383. The van der Waals surface area contributed by atoms with Gasteiger partial charge in [-0.1, -0.05) is 6.07 Å². The zero-order chi connectivity index (χ0) is 11.8. The molecule has 0 bridgehead atoms. The van der Waals surface area contributed by atoms with Gasteiger partial charge >= 0.3 is 6.18 Å². The van der Waals surface area contributed by atoms with E-state index in [1.807, 2.05) is 0 Å². The Balaban J connectivity index is 2.13. The number of halogens is 3. The molecule has 0 aromatic heterocycles. The van der Waals surface area contributed by atoms with Crippen LogP contribution >= 0.6 is 0 Å². The van der Waals surface area contributed by atoms with E-state index < -0.39 is 11.7 Å². The molecule has 1 aromatic rings. The van der Waals surface area contributed by atoms with Crippen LogP contribution in [0.15, 0.2) is 18.2 Å². The molecule has 1 fully saturated rings. The fourth-order valence-electron chi connectivity index (χ4n) is 1.51. The van der Waals surface area contributed by atoms with E-state index in [-0.39, 0.29) is 5.69 Å². The predicted octanol–water partition coefficient (Wildman–Crippen LogP) is 2.54. The van der Waals surface area contributed by atoms with Crippen LogP contribution in [0, 0.1) is 0 Å². The maximum absolute atomic E-state index is 12.5. The number of benzene rings is 1. The fourth-order valence-corrected chi connectivity index (χ4v) is 1.51. The van der Waals surface area contributed by atoms with Crippen LogP contribution < -0.4 is 11.1 Å². The number of nitrogens with two attached hydrogens (primary N) is 1. The zero-order valence-electron chi connectivity index (χ0n) is 8.64. The van der Waals surface area contributed by atoms with Crippen LogP contribution in [-0.4, -0.2) is 6.04 Å². The second-order valence-electron chi connectivity index (χ2n) is 4.07. The van der Waals surface area contributed by atoms with Gasteiger partial charge in [-0.3, -0.25) is 0 Å². The molecule has 5 heteroatoms. The topological polar surface area (TPSA) is 38.0 Å². The van der Waals surface area contributed by atoms with Gasteiger partial charge in [-0.15, -0.1) is 0 Å². The van der Waals surface area contributed by atoms with Gasteiger partial charge in [0.15, 0.2) is 0 Å². The van der Waals surface area contributed by atoms with E-state index in [1.165, 1.54) is 6.07 Å². The number of anilines is 1. The molecule has 2 nitrogen and oxygen atoms in total. The van der Waals surface area contributed by atoms with Gasteiger partial charge in [0.2, 0.25) is 0 Å². The van der Waals surface area contributed by atoms with Gasteiger partial charge in [0.05, 0.1) is 5.56 Å². The van der Waals surface area contributed by atoms with E-state index in [0.29, 0.717) is 18.2 Å². The van der Waals surface area contributed by atoms with E-state index in [4.69, 9.17) is 5.73 Å².